The van der Waals surface area contributed by atoms with Crippen LogP contribution in [0.2, 0.25) is 0 Å². The molecule has 1 nitrogen and oxygen atoms in total. The molecule has 0 aromatic rings. The molecule has 2 fully saturated rings. The Bertz CT molecular complexity index is 268. The van der Waals surface area contributed by atoms with Crippen LogP contribution in [0.1, 0.15) is 52.9 Å². The molecule has 0 saturated carbocycles. The molecule has 2 saturated heterocycles. The van der Waals surface area contributed by atoms with E-state index in [1.54, 1.807) is 0 Å². The lowest BCUT2D eigenvalue weighted by atomic mass is 9.80. The highest BCUT2D eigenvalue weighted by atomic mass is 35.5. The van der Waals surface area contributed by atoms with E-state index in [2.05, 4.69) is 20.8 Å². The maximum Gasteiger partial charge on any atom is 0.0783 e. The van der Waals surface area contributed by atoms with Gasteiger partial charge in [-0.05, 0) is 49.2 Å². The van der Waals surface area contributed by atoms with E-state index < -0.39 is 0 Å². The normalized spacial score (nSPS) is 35.0. The fourth-order valence-corrected chi connectivity index (χ4v) is 4.75. The minimum atomic E-state index is 0.183. The summed E-state index contributed by atoms with van der Waals surface area (Å²) >= 11 is 8.71. The monoisotopic (exact) mass is 290 g/mol. The van der Waals surface area contributed by atoms with Crippen molar-refractivity contribution in [3.05, 3.63) is 0 Å². The molecule has 1 spiro atoms. The van der Waals surface area contributed by atoms with Gasteiger partial charge in [0.1, 0.15) is 0 Å². The van der Waals surface area contributed by atoms with Crippen LogP contribution < -0.4 is 0 Å². The molecule has 0 amide bonds. The topological polar surface area (TPSA) is 9.23 Å². The summed E-state index contributed by atoms with van der Waals surface area (Å²) in [6, 6.07) is 0. The van der Waals surface area contributed by atoms with E-state index >= 15 is 0 Å². The molecule has 18 heavy (non-hydrogen) atoms. The van der Waals surface area contributed by atoms with Gasteiger partial charge >= 0.3 is 0 Å². The highest BCUT2D eigenvalue weighted by molar-refractivity contribution is 7.99. The molecule has 0 aromatic carbocycles. The van der Waals surface area contributed by atoms with E-state index in [0.717, 1.165) is 19.4 Å². The van der Waals surface area contributed by atoms with Gasteiger partial charge in [-0.1, -0.05) is 20.8 Å². The smallest absolute Gasteiger partial charge is 0.0783 e. The van der Waals surface area contributed by atoms with Gasteiger partial charge in [0.05, 0.1) is 5.60 Å². The molecule has 2 aliphatic heterocycles. The zero-order valence-corrected chi connectivity index (χ0v) is 13.6. The quantitative estimate of drug-likeness (QED) is 0.696. The number of thioether (sulfide) groups is 1. The average Bonchev–Trinajstić information content (AvgIpc) is 2.73. The van der Waals surface area contributed by atoms with Crippen LogP contribution in [0.5, 0.6) is 0 Å². The van der Waals surface area contributed by atoms with Gasteiger partial charge < -0.3 is 4.74 Å². The molecular formula is C15H27ClOS. The summed E-state index contributed by atoms with van der Waals surface area (Å²) in [4.78, 5) is 0. The van der Waals surface area contributed by atoms with Crippen molar-refractivity contribution in [2.75, 3.05) is 18.1 Å². The number of hydrogen-bond acceptors (Lipinski definition) is 2. The van der Waals surface area contributed by atoms with Crippen LogP contribution in [0.4, 0.5) is 0 Å². The van der Waals surface area contributed by atoms with Gasteiger partial charge in [0.25, 0.3) is 0 Å². The Labute approximate surface area is 121 Å². The number of hydrogen-bond donors (Lipinski definition) is 0. The van der Waals surface area contributed by atoms with Gasteiger partial charge in [0, 0.05) is 17.7 Å². The van der Waals surface area contributed by atoms with E-state index in [4.69, 9.17) is 16.3 Å². The first-order valence-corrected chi connectivity index (χ1v) is 8.85. The Hall–Kier alpha value is 0.600. The molecule has 0 bridgehead atoms. The van der Waals surface area contributed by atoms with Crippen LogP contribution in [0.15, 0.2) is 0 Å². The molecule has 0 N–H and O–H groups in total. The Kier molecular flexibility index (Phi) is 4.94. The number of rotatable bonds is 3. The lowest BCUT2D eigenvalue weighted by Gasteiger charge is -2.39. The summed E-state index contributed by atoms with van der Waals surface area (Å²) in [7, 11) is 0. The van der Waals surface area contributed by atoms with Crippen molar-refractivity contribution in [3.8, 4) is 0 Å². The molecule has 2 heterocycles. The molecule has 3 atom stereocenters. The van der Waals surface area contributed by atoms with Crippen molar-refractivity contribution in [1.29, 1.82) is 0 Å². The van der Waals surface area contributed by atoms with Crippen LogP contribution in [-0.4, -0.2) is 29.1 Å². The van der Waals surface area contributed by atoms with Gasteiger partial charge in [-0.15, -0.1) is 11.6 Å². The first-order valence-electron chi connectivity index (χ1n) is 7.26. The van der Waals surface area contributed by atoms with Gasteiger partial charge in [0.2, 0.25) is 0 Å². The van der Waals surface area contributed by atoms with Gasteiger partial charge in [-0.2, -0.15) is 11.8 Å². The Morgan fingerprint density at radius 1 is 1.44 bits per heavy atom. The lowest BCUT2D eigenvalue weighted by molar-refractivity contribution is -0.0802. The summed E-state index contributed by atoms with van der Waals surface area (Å²) in [6.07, 6.45) is 5.96. The van der Waals surface area contributed by atoms with Crippen molar-refractivity contribution in [1.82, 2.24) is 0 Å². The highest BCUT2D eigenvalue weighted by Crippen LogP contribution is 2.43. The van der Waals surface area contributed by atoms with E-state index in [-0.39, 0.29) is 5.60 Å². The Morgan fingerprint density at radius 3 is 2.83 bits per heavy atom. The largest absolute Gasteiger partial charge is 0.374 e. The summed E-state index contributed by atoms with van der Waals surface area (Å²) in [5.74, 6) is 3.12. The molecule has 2 rings (SSSR count). The van der Waals surface area contributed by atoms with E-state index in [9.17, 15) is 0 Å². The van der Waals surface area contributed by atoms with Crippen molar-refractivity contribution in [3.63, 3.8) is 0 Å². The second-order valence-electron chi connectivity index (χ2n) is 7.20. The minimum absolute atomic E-state index is 0.183. The minimum Gasteiger partial charge on any atom is -0.374 e. The van der Waals surface area contributed by atoms with Gasteiger partial charge in [0.15, 0.2) is 0 Å². The van der Waals surface area contributed by atoms with Crippen molar-refractivity contribution >= 4 is 23.4 Å². The van der Waals surface area contributed by atoms with Crippen molar-refractivity contribution in [2.45, 2.75) is 63.9 Å². The van der Waals surface area contributed by atoms with Gasteiger partial charge in [-0.25, -0.2) is 0 Å². The standard InChI is InChI=1S/C15H27ClOS/c1-14(2,3)6-4-13(16)12-5-8-17-15(10-12)7-9-18-11-15/h12-13H,4-11H2,1-3H3. The fourth-order valence-electron chi connectivity index (χ4n) is 3.04. The fraction of sp³-hybridized carbons (Fsp3) is 1.00. The van der Waals surface area contributed by atoms with Crippen LogP contribution in [0.3, 0.4) is 0 Å². The van der Waals surface area contributed by atoms with Crippen LogP contribution in [0.25, 0.3) is 0 Å². The SMILES string of the molecule is CC(C)(C)CCC(Cl)C1CCOC2(CCSC2)C1. The first-order chi connectivity index (χ1) is 8.40. The molecular weight excluding hydrogens is 264 g/mol. The maximum absolute atomic E-state index is 6.66. The molecule has 0 aliphatic carbocycles. The summed E-state index contributed by atoms with van der Waals surface area (Å²) in [6.45, 7) is 7.82. The lowest BCUT2D eigenvalue weighted by Crippen LogP contribution is -2.42. The average molecular weight is 291 g/mol. The molecule has 3 unspecified atom stereocenters. The highest BCUT2D eigenvalue weighted by Gasteiger charge is 2.42. The summed E-state index contributed by atoms with van der Waals surface area (Å²) in [5.41, 5.74) is 0.585. The number of ether oxygens (including phenoxy) is 1. The first kappa shape index (κ1) is 15.0. The predicted molar refractivity (Wildman–Crippen MR) is 81.7 cm³/mol. The zero-order valence-electron chi connectivity index (χ0n) is 12.0. The molecule has 0 radical (unpaired) electrons. The molecule has 3 heteroatoms. The second-order valence-corrected chi connectivity index (χ2v) is 8.87. The summed E-state index contributed by atoms with van der Waals surface area (Å²) in [5, 5.41) is 0.343. The third-order valence-electron chi connectivity index (χ3n) is 4.28. The van der Waals surface area contributed by atoms with Crippen LogP contribution >= 0.6 is 23.4 Å². The van der Waals surface area contributed by atoms with E-state index in [0.29, 0.717) is 16.7 Å². The Balaban J connectivity index is 1.84. The predicted octanol–water partition coefficient (Wildman–Crippen LogP) is 4.72. The number of alkyl halides is 1. The van der Waals surface area contributed by atoms with E-state index in [1.807, 2.05) is 11.8 Å². The van der Waals surface area contributed by atoms with Crippen molar-refractivity contribution < 1.29 is 4.74 Å². The zero-order chi connectivity index (χ0) is 13.2. The molecule has 2 aliphatic rings. The van der Waals surface area contributed by atoms with Gasteiger partial charge in [-0.3, -0.25) is 0 Å². The third-order valence-corrected chi connectivity index (χ3v) is 6.08. The second kappa shape index (κ2) is 5.93. The number of halogens is 1. The molecule has 0 aromatic heterocycles. The van der Waals surface area contributed by atoms with Crippen LogP contribution in [-0.2, 0) is 4.74 Å². The van der Waals surface area contributed by atoms with E-state index in [1.165, 1.54) is 30.8 Å². The van der Waals surface area contributed by atoms with Crippen molar-refractivity contribution in [2.24, 2.45) is 11.3 Å². The third kappa shape index (κ3) is 4.05. The summed E-state index contributed by atoms with van der Waals surface area (Å²) < 4.78 is 6.07. The molecule has 106 valence electrons. The Morgan fingerprint density at radius 2 is 2.22 bits per heavy atom. The maximum atomic E-state index is 6.66. The van der Waals surface area contributed by atoms with Crippen LogP contribution in [0, 0.1) is 11.3 Å².